The lowest BCUT2D eigenvalue weighted by molar-refractivity contribution is -0.156. The second kappa shape index (κ2) is 11.5. The molecule has 0 saturated carbocycles. The summed E-state index contributed by atoms with van der Waals surface area (Å²) in [6.07, 6.45) is 1.84. The summed E-state index contributed by atoms with van der Waals surface area (Å²) in [6, 6.07) is 9.49. The van der Waals surface area contributed by atoms with Gasteiger partial charge in [-0.15, -0.1) is 0 Å². The van der Waals surface area contributed by atoms with Crippen LogP contribution in [0.15, 0.2) is 30.3 Å². The number of ether oxygens (including phenoxy) is 3. The number of cyclic esters (lactones) is 1. The molecule has 1 saturated heterocycles. The Labute approximate surface area is 187 Å². The summed E-state index contributed by atoms with van der Waals surface area (Å²) in [5.74, 6) is 0.0377. The molecule has 1 heterocycles. The standard InChI is InChI=1S/C25H39NO5/c1-17(2)16-29-22-14-10-13-21(26-24(28)31-25(4,5)6)23(27)30-18(3)20(22)15-19-11-8-7-9-12-19/h7-9,11-12,17-18,20-22H,10,13-16H2,1-6H3,(H,26,28). The summed E-state index contributed by atoms with van der Waals surface area (Å²) < 4.78 is 17.5. The van der Waals surface area contributed by atoms with Gasteiger partial charge in [-0.25, -0.2) is 9.59 Å². The van der Waals surface area contributed by atoms with Crippen LogP contribution >= 0.6 is 0 Å². The molecule has 31 heavy (non-hydrogen) atoms. The second-order valence-electron chi connectivity index (χ2n) is 9.89. The number of carbonyl (C=O) groups is 2. The quantitative estimate of drug-likeness (QED) is 0.646. The Bertz CT molecular complexity index is 698. The highest BCUT2D eigenvalue weighted by atomic mass is 16.6. The van der Waals surface area contributed by atoms with E-state index in [1.165, 1.54) is 5.56 Å². The van der Waals surface area contributed by atoms with Crippen LogP contribution in [-0.2, 0) is 25.4 Å². The molecule has 1 aromatic carbocycles. The summed E-state index contributed by atoms with van der Waals surface area (Å²) in [4.78, 5) is 25.1. The van der Waals surface area contributed by atoms with Gasteiger partial charge in [0.15, 0.2) is 0 Å². The maximum atomic E-state index is 12.9. The number of amides is 1. The molecule has 6 nitrogen and oxygen atoms in total. The molecule has 0 radical (unpaired) electrons. The Hall–Kier alpha value is -2.08. The van der Waals surface area contributed by atoms with E-state index in [9.17, 15) is 9.59 Å². The van der Waals surface area contributed by atoms with Crippen molar-refractivity contribution in [2.45, 2.75) is 91.1 Å². The van der Waals surface area contributed by atoms with Crippen LogP contribution in [0.25, 0.3) is 0 Å². The SMILES string of the molecule is CC(C)COC1CCCC(NC(=O)OC(C)(C)C)C(=O)OC(C)C1Cc1ccccc1. The van der Waals surface area contributed by atoms with Gasteiger partial charge in [0.2, 0.25) is 0 Å². The van der Waals surface area contributed by atoms with Crippen molar-refractivity contribution < 1.29 is 23.8 Å². The molecule has 174 valence electrons. The number of nitrogens with one attached hydrogen (secondary N) is 1. The van der Waals surface area contributed by atoms with Crippen molar-refractivity contribution in [1.29, 1.82) is 0 Å². The van der Waals surface area contributed by atoms with Gasteiger partial charge >= 0.3 is 12.1 Å². The van der Waals surface area contributed by atoms with Gasteiger partial charge < -0.3 is 19.5 Å². The smallest absolute Gasteiger partial charge is 0.408 e. The number of benzene rings is 1. The third kappa shape index (κ3) is 8.90. The summed E-state index contributed by atoms with van der Waals surface area (Å²) in [5, 5.41) is 2.69. The van der Waals surface area contributed by atoms with Gasteiger partial charge in [-0.1, -0.05) is 44.2 Å². The van der Waals surface area contributed by atoms with Gasteiger partial charge in [0.1, 0.15) is 17.7 Å². The maximum absolute atomic E-state index is 12.9. The molecule has 1 aliphatic heterocycles. The summed E-state index contributed by atoms with van der Waals surface area (Å²) >= 11 is 0. The number of alkyl carbamates (subject to hydrolysis) is 1. The molecule has 1 fully saturated rings. The van der Waals surface area contributed by atoms with Gasteiger partial charge in [-0.05, 0) is 64.9 Å². The number of hydrogen-bond donors (Lipinski definition) is 1. The molecule has 1 N–H and O–H groups in total. The molecule has 4 unspecified atom stereocenters. The van der Waals surface area contributed by atoms with Crippen LogP contribution in [0, 0.1) is 11.8 Å². The topological polar surface area (TPSA) is 73.9 Å². The predicted octanol–water partition coefficient (Wildman–Crippen LogP) is 4.90. The monoisotopic (exact) mass is 433 g/mol. The molecule has 0 spiro atoms. The Morgan fingerprint density at radius 3 is 2.48 bits per heavy atom. The van der Waals surface area contributed by atoms with E-state index in [-0.39, 0.29) is 18.1 Å². The van der Waals surface area contributed by atoms with Crippen molar-refractivity contribution in [2.75, 3.05) is 6.61 Å². The number of esters is 1. The molecule has 0 aromatic heterocycles. The molecule has 1 aromatic rings. The average molecular weight is 434 g/mol. The van der Waals surface area contributed by atoms with E-state index in [2.05, 4.69) is 31.3 Å². The largest absolute Gasteiger partial charge is 0.461 e. The highest BCUT2D eigenvalue weighted by Gasteiger charge is 2.35. The van der Waals surface area contributed by atoms with Gasteiger partial charge in [-0.3, -0.25) is 0 Å². The summed E-state index contributed by atoms with van der Waals surface area (Å²) in [5.41, 5.74) is 0.562. The molecule has 6 heteroatoms. The van der Waals surface area contributed by atoms with Gasteiger partial charge in [-0.2, -0.15) is 0 Å². The van der Waals surface area contributed by atoms with E-state index in [0.29, 0.717) is 18.9 Å². The fraction of sp³-hybridized carbons (Fsp3) is 0.680. The van der Waals surface area contributed by atoms with Gasteiger partial charge in [0.05, 0.1) is 6.10 Å². The van der Waals surface area contributed by atoms with Crippen molar-refractivity contribution in [3.63, 3.8) is 0 Å². The third-order valence-electron chi connectivity index (χ3n) is 5.30. The van der Waals surface area contributed by atoms with Crippen LogP contribution in [0.3, 0.4) is 0 Å². The Morgan fingerprint density at radius 1 is 1.19 bits per heavy atom. The van der Waals surface area contributed by atoms with Crippen LogP contribution in [-0.4, -0.2) is 42.5 Å². The highest BCUT2D eigenvalue weighted by molar-refractivity contribution is 5.81. The first-order valence-electron chi connectivity index (χ1n) is 11.4. The maximum Gasteiger partial charge on any atom is 0.408 e. The minimum Gasteiger partial charge on any atom is -0.461 e. The molecule has 0 bridgehead atoms. The van der Waals surface area contributed by atoms with Crippen LogP contribution < -0.4 is 5.32 Å². The Morgan fingerprint density at radius 2 is 1.87 bits per heavy atom. The molecular formula is C25H39NO5. The Balaban J connectivity index is 2.16. The number of carbonyl (C=O) groups excluding carboxylic acids is 2. The van der Waals surface area contributed by atoms with E-state index in [0.717, 1.165) is 19.3 Å². The Kier molecular flexibility index (Phi) is 9.35. The van der Waals surface area contributed by atoms with Crippen molar-refractivity contribution in [3.05, 3.63) is 35.9 Å². The molecule has 4 atom stereocenters. The van der Waals surface area contributed by atoms with Gasteiger partial charge in [0, 0.05) is 12.5 Å². The van der Waals surface area contributed by atoms with Crippen molar-refractivity contribution in [1.82, 2.24) is 5.32 Å². The van der Waals surface area contributed by atoms with Crippen molar-refractivity contribution in [3.8, 4) is 0 Å². The first kappa shape index (κ1) is 25.2. The van der Waals surface area contributed by atoms with Crippen molar-refractivity contribution >= 4 is 12.1 Å². The number of rotatable bonds is 6. The van der Waals surface area contributed by atoms with Gasteiger partial charge in [0.25, 0.3) is 0 Å². The van der Waals surface area contributed by atoms with Crippen LogP contribution in [0.2, 0.25) is 0 Å². The lowest BCUT2D eigenvalue weighted by Gasteiger charge is -2.32. The lowest BCUT2D eigenvalue weighted by Crippen LogP contribution is -2.45. The lowest BCUT2D eigenvalue weighted by atomic mass is 9.87. The zero-order valence-corrected chi connectivity index (χ0v) is 19.9. The highest BCUT2D eigenvalue weighted by Crippen LogP contribution is 2.28. The molecular weight excluding hydrogens is 394 g/mol. The third-order valence-corrected chi connectivity index (χ3v) is 5.30. The first-order valence-corrected chi connectivity index (χ1v) is 11.4. The molecule has 1 aliphatic rings. The molecule has 0 aliphatic carbocycles. The second-order valence-corrected chi connectivity index (χ2v) is 9.89. The van der Waals surface area contributed by atoms with E-state index in [1.54, 1.807) is 20.8 Å². The van der Waals surface area contributed by atoms with E-state index < -0.39 is 23.7 Å². The fourth-order valence-electron chi connectivity index (χ4n) is 3.80. The fourth-order valence-corrected chi connectivity index (χ4v) is 3.80. The minimum atomic E-state index is -0.724. The molecule has 1 amide bonds. The average Bonchev–Trinajstić information content (AvgIpc) is 2.71. The first-order chi connectivity index (χ1) is 14.5. The van der Waals surface area contributed by atoms with Crippen molar-refractivity contribution in [2.24, 2.45) is 11.8 Å². The zero-order valence-electron chi connectivity index (χ0n) is 19.9. The summed E-state index contributed by atoms with van der Waals surface area (Å²) in [6.45, 7) is 12.2. The zero-order chi connectivity index (χ0) is 23.0. The number of hydrogen-bond acceptors (Lipinski definition) is 5. The van der Waals surface area contributed by atoms with Crippen LogP contribution in [0.4, 0.5) is 4.79 Å². The van der Waals surface area contributed by atoms with E-state index in [4.69, 9.17) is 14.2 Å². The van der Waals surface area contributed by atoms with E-state index in [1.807, 2.05) is 25.1 Å². The van der Waals surface area contributed by atoms with E-state index >= 15 is 0 Å². The van der Waals surface area contributed by atoms with Crippen LogP contribution in [0.1, 0.15) is 66.4 Å². The molecule has 2 rings (SSSR count). The summed E-state index contributed by atoms with van der Waals surface area (Å²) in [7, 11) is 0. The normalized spacial score (nSPS) is 25.2. The van der Waals surface area contributed by atoms with Crippen LogP contribution in [0.5, 0.6) is 0 Å². The minimum absolute atomic E-state index is 0.0225. The predicted molar refractivity (Wildman–Crippen MR) is 121 cm³/mol.